The zero-order valence-electron chi connectivity index (χ0n) is 10.9. The van der Waals surface area contributed by atoms with Crippen LogP contribution in [0.15, 0.2) is 27.1 Å². The van der Waals surface area contributed by atoms with E-state index < -0.39 is 11.7 Å². The fraction of sp³-hybridized carbons (Fsp3) is 0.308. The highest BCUT2D eigenvalue weighted by Crippen LogP contribution is 2.23. The average Bonchev–Trinajstić information content (AvgIpc) is 3.12. The minimum absolute atomic E-state index is 0.00651. The molecule has 2 N–H and O–H groups in total. The topological polar surface area (TPSA) is 80.0 Å². The van der Waals surface area contributed by atoms with Crippen LogP contribution in [0.3, 0.4) is 0 Å². The lowest BCUT2D eigenvalue weighted by Gasteiger charge is -2.03. The van der Waals surface area contributed by atoms with Gasteiger partial charge in [0.15, 0.2) is 0 Å². The lowest BCUT2D eigenvalue weighted by Crippen LogP contribution is -2.13. The molecule has 1 aliphatic rings. The van der Waals surface area contributed by atoms with Crippen molar-refractivity contribution in [1.29, 1.82) is 0 Å². The van der Waals surface area contributed by atoms with Crippen LogP contribution in [0.4, 0.5) is 10.4 Å². The molecule has 0 spiro atoms. The molecule has 0 bridgehead atoms. The van der Waals surface area contributed by atoms with Crippen molar-refractivity contribution in [2.24, 2.45) is 0 Å². The number of halogens is 2. The summed E-state index contributed by atoms with van der Waals surface area (Å²) < 4.78 is 19.1. The molecule has 0 saturated carbocycles. The van der Waals surface area contributed by atoms with Crippen LogP contribution >= 0.6 is 15.9 Å². The summed E-state index contributed by atoms with van der Waals surface area (Å²) in [6.07, 6.45) is 1.97. The van der Waals surface area contributed by atoms with Gasteiger partial charge in [-0.15, -0.1) is 5.10 Å². The maximum atomic E-state index is 13.4. The van der Waals surface area contributed by atoms with E-state index in [1.54, 1.807) is 0 Å². The molecule has 3 rings (SSSR count). The number of rotatable bonds is 3. The van der Waals surface area contributed by atoms with Crippen LogP contribution in [0, 0.1) is 5.82 Å². The molecular weight excluding hydrogens is 343 g/mol. The van der Waals surface area contributed by atoms with Crippen molar-refractivity contribution in [1.82, 2.24) is 15.5 Å². The Hall–Kier alpha value is -1.80. The number of aromatic nitrogens is 2. The van der Waals surface area contributed by atoms with E-state index in [1.807, 2.05) is 0 Å². The third-order valence-electron chi connectivity index (χ3n) is 3.20. The Balaban J connectivity index is 1.70. The Labute approximate surface area is 128 Å². The molecule has 6 nitrogen and oxygen atoms in total. The first kappa shape index (κ1) is 14.2. The summed E-state index contributed by atoms with van der Waals surface area (Å²) >= 11 is 3.03. The second-order valence-corrected chi connectivity index (χ2v) is 5.53. The van der Waals surface area contributed by atoms with Crippen molar-refractivity contribution < 1.29 is 13.6 Å². The summed E-state index contributed by atoms with van der Waals surface area (Å²) in [4.78, 5) is 12.0. The quantitative estimate of drug-likeness (QED) is 0.885. The van der Waals surface area contributed by atoms with Gasteiger partial charge in [0.2, 0.25) is 5.89 Å². The summed E-state index contributed by atoms with van der Waals surface area (Å²) in [5.74, 6) is -0.565. The van der Waals surface area contributed by atoms with E-state index >= 15 is 0 Å². The van der Waals surface area contributed by atoms with Crippen LogP contribution in [0.1, 0.15) is 35.1 Å². The average molecular weight is 355 g/mol. The Kier molecular flexibility index (Phi) is 3.98. The summed E-state index contributed by atoms with van der Waals surface area (Å²) in [5.41, 5.74) is 0.175. The van der Waals surface area contributed by atoms with E-state index in [9.17, 15) is 9.18 Å². The molecule has 1 saturated heterocycles. The number of amides is 1. The minimum atomic E-state index is -0.510. The summed E-state index contributed by atoms with van der Waals surface area (Å²) in [6, 6.07) is 4.14. The second-order valence-electron chi connectivity index (χ2n) is 4.68. The van der Waals surface area contributed by atoms with Crippen LogP contribution in [0.25, 0.3) is 0 Å². The van der Waals surface area contributed by atoms with Gasteiger partial charge in [0.05, 0.1) is 10.5 Å². The Morgan fingerprint density at radius 2 is 2.33 bits per heavy atom. The monoisotopic (exact) mass is 354 g/mol. The first-order valence-corrected chi connectivity index (χ1v) is 7.26. The van der Waals surface area contributed by atoms with Gasteiger partial charge in [0, 0.05) is 5.56 Å². The molecule has 21 heavy (non-hydrogen) atoms. The Morgan fingerprint density at radius 1 is 1.48 bits per heavy atom. The van der Waals surface area contributed by atoms with Gasteiger partial charge in [-0.2, -0.15) is 0 Å². The van der Waals surface area contributed by atoms with Gasteiger partial charge in [-0.25, -0.2) is 4.39 Å². The molecule has 0 radical (unpaired) electrons. The van der Waals surface area contributed by atoms with E-state index in [4.69, 9.17) is 4.42 Å². The van der Waals surface area contributed by atoms with Crippen LogP contribution < -0.4 is 10.6 Å². The molecule has 1 aromatic heterocycles. The number of benzene rings is 1. The lowest BCUT2D eigenvalue weighted by atomic mass is 10.2. The highest BCUT2D eigenvalue weighted by molar-refractivity contribution is 9.10. The SMILES string of the molecule is O=C(Nc1nnc(C2CCCN2)o1)c1ccc(Br)c(F)c1. The fourth-order valence-electron chi connectivity index (χ4n) is 2.13. The highest BCUT2D eigenvalue weighted by atomic mass is 79.9. The molecule has 8 heteroatoms. The van der Waals surface area contributed by atoms with Gasteiger partial charge >= 0.3 is 6.01 Å². The smallest absolute Gasteiger partial charge is 0.322 e. The normalized spacial score (nSPS) is 17.9. The molecule has 1 atom stereocenters. The van der Waals surface area contributed by atoms with Gasteiger partial charge in [-0.3, -0.25) is 10.1 Å². The molecule has 1 amide bonds. The zero-order valence-corrected chi connectivity index (χ0v) is 12.5. The number of nitrogens with zero attached hydrogens (tertiary/aromatic N) is 2. The Morgan fingerprint density at radius 3 is 3.05 bits per heavy atom. The number of hydrogen-bond acceptors (Lipinski definition) is 5. The zero-order chi connectivity index (χ0) is 14.8. The van der Waals surface area contributed by atoms with Crippen molar-refractivity contribution >= 4 is 27.9 Å². The van der Waals surface area contributed by atoms with Crippen molar-refractivity contribution in [3.8, 4) is 0 Å². The largest absolute Gasteiger partial charge is 0.406 e. The molecule has 1 aromatic carbocycles. The lowest BCUT2D eigenvalue weighted by molar-refractivity contribution is 0.102. The predicted octanol–water partition coefficient (Wildman–Crippen LogP) is 2.65. The van der Waals surface area contributed by atoms with E-state index in [0.29, 0.717) is 10.4 Å². The molecule has 1 aliphatic heterocycles. The third-order valence-corrected chi connectivity index (χ3v) is 3.84. The summed E-state index contributed by atoms with van der Waals surface area (Å²) in [5, 5.41) is 13.4. The summed E-state index contributed by atoms with van der Waals surface area (Å²) in [6.45, 7) is 0.910. The van der Waals surface area contributed by atoms with Gasteiger partial charge < -0.3 is 9.73 Å². The van der Waals surface area contributed by atoms with Crippen LogP contribution in [-0.4, -0.2) is 22.6 Å². The number of carbonyl (C=O) groups is 1. The van der Waals surface area contributed by atoms with Gasteiger partial charge in [-0.1, -0.05) is 5.10 Å². The fourth-order valence-corrected chi connectivity index (χ4v) is 2.37. The first-order chi connectivity index (χ1) is 10.1. The number of carbonyl (C=O) groups excluding carboxylic acids is 1. The van der Waals surface area contributed by atoms with Crippen molar-refractivity contribution in [3.63, 3.8) is 0 Å². The first-order valence-electron chi connectivity index (χ1n) is 6.46. The molecule has 0 aliphatic carbocycles. The van der Waals surface area contributed by atoms with Crippen LogP contribution in [0.5, 0.6) is 0 Å². The van der Waals surface area contributed by atoms with Gasteiger partial charge in [-0.05, 0) is 53.5 Å². The van der Waals surface area contributed by atoms with Crippen molar-refractivity contribution in [3.05, 3.63) is 39.9 Å². The van der Waals surface area contributed by atoms with Crippen molar-refractivity contribution in [2.45, 2.75) is 18.9 Å². The van der Waals surface area contributed by atoms with Gasteiger partial charge in [0.1, 0.15) is 5.82 Å². The molecule has 2 heterocycles. The van der Waals surface area contributed by atoms with E-state index in [2.05, 4.69) is 36.8 Å². The molecule has 1 fully saturated rings. The summed E-state index contributed by atoms with van der Waals surface area (Å²) in [7, 11) is 0. The van der Waals surface area contributed by atoms with Crippen LogP contribution in [0.2, 0.25) is 0 Å². The minimum Gasteiger partial charge on any atom is -0.406 e. The van der Waals surface area contributed by atoms with E-state index in [-0.39, 0.29) is 17.6 Å². The second kappa shape index (κ2) is 5.90. The third kappa shape index (κ3) is 3.11. The maximum Gasteiger partial charge on any atom is 0.322 e. The molecule has 2 aromatic rings. The van der Waals surface area contributed by atoms with E-state index in [0.717, 1.165) is 25.5 Å². The number of anilines is 1. The highest BCUT2D eigenvalue weighted by Gasteiger charge is 2.22. The predicted molar refractivity (Wildman–Crippen MR) is 76.3 cm³/mol. The van der Waals surface area contributed by atoms with E-state index in [1.165, 1.54) is 12.1 Å². The molecule has 1 unspecified atom stereocenters. The van der Waals surface area contributed by atoms with Crippen molar-refractivity contribution in [2.75, 3.05) is 11.9 Å². The number of hydrogen-bond donors (Lipinski definition) is 2. The standard InChI is InChI=1S/C13H12BrFN4O2/c14-8-4-3-7(6-9(8)15)11(20)17-13-19-18-12(21-13)10-2-1-5-16-10/h3-4,6,10,16H,1-2,5H2,(H,17,19,20). The molecule has 110 valence electrons. The maximum absolute atomic E-state index is 13.4. The van der Waals surface area contributed by atoms with Gasteiger partial charge in [0.25, 0.3) is 5.91 Å². The Bertz CT molecular complexity index is 670. The van der Waals surface area contributed by atoms with Crippen LogP contribution in [-0.2, 0) is 0 Å². The number of nitrogens with one attached hydrogen (secondary N) is 2. The molecular formula is C13H12BrFN4O2.